The maximum atomic E-state index is 11.6. The van der Waals surface area contributed by atoms with E-state index in [1.807, 2.05) is 0 Å². The second-order valence-electron chi connectivity index (χ2n) is 3.10. The van der Waals surface area contributed by atoms with Gasteiger partial charge in [0.25, 0.3) is 0 Å². The summed E-state index contributed by atoms with van der Waals surface area (Å²) in [5.74, 6) is -4.92. The van der Waals surface area contributed by atoms with E-state index in [4.69, 9.17) is 16.7 Å². The van der Waals surface area contributed by atoms with E-state index in [0.29, 0.717) is 11.8 Å². The van der Waals surface area contributed by atoms with Crippen LogP contribution in [0.2, 0.25) is 0 Å². The zero-order valence-electron chi connectivity index (χ0n) is 8.15. The Kier molecular flexibility index (Phi) is 3.88. The molecule has 0 saturated carbocycles. The van der Waals surface area contributed by atoms with Gasteiger partial charge in [0.2, 0.25) is 0 Å². The smallest absolute Gasteiger partial charge is 0.313 e. The summed E-state index contributed by atoms with van der Waals surface area (Å²) in [4.78, 5) is 44.2. The molecule has 1 atom stereocenters. The average Bonchev–Trinajstić information content (AvgIpc) is 2.36. The first-order valence-corrected chi connectivity index (χ1v) is 5.56. The molecule has 1 aliphatic rings. The number of carbonyl (C=O) groups excluding carboxylic acids is 3. The minimum atomic E-state index is -1.39. The molecule has 0 aromatic carbocycles. The first-order valence-electron chi connectivity index (χ1n) is 4.19. The molecule has 0 amide bonds. The molecule has 0 spiro atoms. The largest absolute Gasteiger partial charge is 0.481 e. The molecule has 0 saturated heterocycles. The maximum absolute atomic E-state index is 11.6. The van der Waals surface area contributed by atoms with Crippen molar-refractivity contribution in [1.82, 2.24) is 0 Å². The van der Waals surface area contributed by atoms with Crippen molar-refractivity contribution < 1.29 is 24.3 Å². The van der Waals surface area contributed by atoms with Crippen molar-refractivity contribution in [3.05, 3.63) is 9.94 Å². The Balaban J connectivity index is 2.93. The quantitative estimate of drug-likeness (QED) is 0.747. The fraction of sp³-hybridized carbons (Fsp3) is 0.333. The summed E-state index contributed by atoms with van der Waals surface area (Å²) in [5, 5.41) is 8.10. The average molecular weight is 263 g/mol. The molecule has 16 heavy (non-hydrogen) atoms. The molecule has 1 aliphatic carbocycles. The second kappa shape index (κ2) is 4.80. The highest BCUT2D eigenvalue weighted by molar-refractivity contribution is 8.04. The molecule has 1 unspecified atom stereocenters. The van der Waals surface area contributed by atoms with Crippen LogP contribution in [-0.4, -0.2) is 34.2 Å². The third-order valence-electron chi connectivity index (χ3n) is 1.91. The van der Waals surface area contributed by atoms with Gasteiger partial charge in [-0.2, -0.15) is 0 Å². The van der Waals surface area contributed by atoms with Crippen LogP contribution in [0.25, 0.3) is 0 Å². The van der Waals surface area contributed by atoms with Crippen LogP contribution in [-0.2, 0) is 19.2 Å². The molecule has 0 aromatic rings. The summed E-state index contributed by atoms with van der Waals surface area (Å²) in [7, 11) is 0. The van der Waals surface area contributed by atoms with Gasteiger partial charge in [-0.1, -0.05) is 11.6 Å². The van der Waals surface area contributed by atoms with Crippen molar-refractivity contribution in [2.24, 2.45) is 5.92 Å². The van der Waals surface area contributed by atoms with Crippen molar-refractivity contribution >= 4 is 46.7 Å². The third-order valence-corrected chi connectivity index (χ3v) is 3.48. The van der Waals surface area contributed by atoms with Crippen LogP contribution in [0, 0.1) is 5.92 Å². The van der Waals surface area contributed by atoms with Crippen LogP contribution in [0.3, 0.4) is 0 Å². The first-order chi connectivity index (χ1) is 7.36. The Morgan fingerprint density at radius 1 is 1.38 bits per heavy atom. The van der Waals surface area contributed by atoms with Crippen LogP contribution in [0.4, 0.5) is 0 Å². The van der Waals surface area contributed by atoms with Crippen LogP contribution in [0.15, 0.2) is 9.94 Å². The minimum absolute atomic E-state index is 0.130. The van der Waals surface area contributed by atoms with Gasteiger partial charge in [-0.15, -0.1) is 11.8 Å². The van der Waals surface area contributed by atoms with Gasteiger partial charge in [0, 0.05) is 0 Å². The molecular weight excluding hydrogens is 256 g/mol. The highest BCUT2D eigenvalue weighted by atomic mass is 35.5. The fourth-order valence-electron chi connectivity index (χ4n) is 1.23. The molecule has 0 bridgehead atoms. The van der Waals surface area contributed by atoms with Crippen LogP contribution >= 0.6 is 23.4 Å². The monoisotopic (exact) mass is 262 g/mol. The molecular formula is C9H7ClO5S. The number of allylic oxidation sites excluding steroid dienone is 2. The number of halogens is 1. The number of carboxylic acid groups (broad SMARTS) is 1. The van der Waals surface area contributed by atoms with E-state index in [0.717, 1.165) is 6.92 Å². The van der Waals surface area contributed by atoms with E-state index in [1.54, 1.807) is 0 Å². The number of thioether (sulfide) groups is 1. The molecule has 0 heterocycles. The standard InChI is InChI=1S/C9H7ClO5S/c1-3(11)5-7(14)6(10)9(8(5)15)16-2-4(12)13/h5H,2H2,1H3,(H,12,13). The lowest BCUT2D eigenvalue weighted by molar-refractivity contribution is -0.135. The summed E-state index contributed by atoms with van der Waals surface area (Å²) in [6, 6.07) is 0. The van der Waals surface area contributed by atoms with Crippen molar-refractivity contribution in [3.63, 3.8) is 0 Å². The molecule has 5 nitrogen and oxygen atoms in total. The van der Waals surface area contributed by atoms with Gasteiger partial charge in [-0.3, -0.25) is 19.2 Å². The predicted molar refractivity (Wildman–Crippen MR) is 57.2 cm³/mol. The van der Waals surface area contributed by atoms with Gasteiger partial charge in [0.05, 0.1) is 10.7 Å². The molecule has 0 radical (unpaired) electrons. The Morgan fingerprint density at radius 2 is 1.94 bits per heavy atom. The zero-order chi connectivity index (χ0) is 12.5. The van der Waals surface area contributed by atoms with Gasteiger partial charge < -0.3 is 5.11 Å². The molecule has 0 fully saturated rings. The van der Waals surface area contributed by atoms with E-state index in [-0.39, 0.29) is 15.7 Å². The minimum Gasteiger partial charge on any atom is -0.481 e. The van der Waals surface area contributed by atoms with Crippen molar-refractivity contribution in [1.29, 1.82) is 0 Å². The van der Waals surface area contributed by atoms with Gasteiger partial charge in [-0.25, -0.2) is 0 Å². The Bertz CT molecular complexity index is 426. The topological polar surface area (TPSA) is 88.5 Å². The number of aliphatic carboxylic acids is 1. The molecule has 0 aromatic heterocycles. The summed E-state index contributed by atoms with van der Waals surface area (Å²) in [6.45, 7) is 1.12. The zero-order valence-corrected chi connectivity index (χ0v) is 9.72. The molecule has 0 aliphatic heterocycles. The number of rotatable bonds is 4. The summed E-state index contributed by atoms with van der Waals surface area (Å²) < 4.78 is 0. The van der Waals surface area contributed by atoms with Crippen LogP contribution < -0.4 is 0 Å². The number of hydrogen-bond acceptors (Lipinski definition) is 5. The summed E-state index contributed by atoms with van der Waals surface area (Å²) in [5.41, 5.74) is 0. The third kappa shape index (κ3) is 2.33. The van der Waals surface area contributed by atoms with Gasteiger partial charge >= 0.3 is 5.97 Å². The molecule has 86 valence electrons. The number of Topliss-reactive ketones (excluding diaryl/α,β-unsaturated/α-hetero) is 3. The van der Waals surface area contributed by atoms with Gasteiger partial charge in [0.15, 0.2) is 11.6 Å². The highest BCUT2D eigenvalue weighted by Crippen LogP contribution is 2.35. The Labute approximate surface area is 99.8 Å². The fourth-order valence-corrected chi connectivity index (χ4v) is 2.36. The highest BCUT2D eigenvalue weighted by Gasteiger charge is 2.43. The van der Waals surface area contributed by atoms with E-state index >= 15 is 0 Å². The summed E-state index contributed by atoms with van der Waals surface area (Å²) >= 11 is 6.25. The molecule has 1 rings (SSSR count). The predicted octanol–water partition coefficient (Wildman–Crippen LogP) is 0.612. The Morgan fingerprint density at radius 3 is 2.31 bits per heavy atom. The van der Waals surface area contributed by atoms with E-state index in [1.165, 1.54) is 0 Å². The van der Waals surface area contributed by atoms with E-state index < -0.39 is 29.2 Å². The van der Waals surface area contributed by atoms with Crippen molar-refractivity contribution in [3.8, 4) is 0 Å². The lowest BCUT2D eigenvalue weighted by Gasteiger charge is -2.01. The first kappa shape index (κ1) is 12.9. The Hall–Kier alpha value is -1.14. The molecule has 7 heteroatoms. The lowest BCUT2D eigenvalue weighted by atomic mass is 10.0. The number of ketones is 3. The lowest BCUT2D eigenvalue weighted by Crippen LogP contribution is -2.24. The number of carboxylic acids is 1. The SMILES string of the molecule is CC(=O)C1C(=O)C(Cl)=C(SCC(=O)O)C1=O. The number of hydrogen-bond donors (Lipinski definition) is 1. The van der Waals surface area contributed by atoms with Gasteiger partial charge in [0.1, 0.15) is 16.7 Å². The summed E-state index contributed by atoms with van der Waals surface area (Å²) in [6.07, 6.45) is 0. The van der Waals surface area contributed by atoms with E-state index in [2.05, 4.69) is 0 Å². The normalized spacial score (nSPS) is 20.5. The number of carbonyl (C=O) groups is 4. The molecule has 1 N–H and O–H groups in total. The second-order valence-corrected chi connectivity index (χ2v) is 4.46. The van der Waals surface area contributed by atoms with Crippen LogP contribution in [0.1, 0.15) is 6.92 Å². The van der Waals surface area contributed by atoms with Crippen molar-refractivity contribution in [2.45, 2.75) is 6.92 Å². The van der Waals surface area contributed by atoms with Crippen LogP contribution in [0.5, 0.6) is 0 Å². The van der Waals surface area contributed by atoms with Gasteiger partial charge in [-0.05, 0) is 6.92 Å². The van der Waals surface area contributed by atoms with E-state index in [9.17, 15) is 19.2 Å². The van der Waals surface area contributed by atoms with Crippen molar-refractivity contribution in [2.75, 3.05) is 5.75 Å². The maximum Gasteiger partial charge on any atom is 0.313 e.